The molecule has 1 unspecified atom stereocenters. The molecule has 0 spiro atoms. The lowest BCUT2D eigenvalue weighted by molar-refractivity contribution is -0.658. The van der Waals surface area contributed by atoms with E-state index in [9.17, 15) is 14.8 Å². The maximum atomic E-state index is 10.9. The third kappa shape index (κ3) is 1.35. The highest BCUT2D eigenvalue weighted by molar-refractivity contribution is 8.17. The number of imide groups is 1. The summed E-state index contributed by atoms with van der Waals surface area (Å²) in [6, 6.07) is 0. The molecule has 1 rings (SSSR count). The summed E-state index contributed by atoms with van der Waals surface area (Å²) in [5.74, 6) is -0.653. The van der Waals surface area contributed by atoms with Gasteiger partial charge in [0.15, 0.2) is 0 Å². The highest BCUT2D eigenvalue weighted by Crippen LogP contribution is 2.22. The first-order valence-corrected chi connectivity index (χ1v) is 3.84. The molecule has 0 aliphatic carbocycles. The van der Waals surface area contributed by atoms with Gasteiger partial charge in [-0.2, -0.15) is 0 Å². The Morgan fingerprint density at radius 1 is 1.45 bits per heavy atom. The summed E-state index contributed by atoms with van der Waals surface area (Å²) in [5, 5.41) is 9.11. The fourth-order valence-corrected chi connectivity index (χ4v) is 1.47. The molecule has 0 aromatic rings. The maximum absolute atomic E-state index is 10.9. The van der Waals surface area contributed by atoms with Gasteiger partial charge >= 0.3 is 11.1 Å². The monoisotopic (exact) mass is 173 g/mol. The minimum atomic E-state index is -0.897. The van der Waals surface area contributed by atoms with Crippen molar-refractivity contribution in [3.8, 4) is 0 Å². The van der Waals surface area contributed by atoms with Gasteiger partial charge in [-0.1, -0.05) is 5.57 Å². The Bertz CT molecular complexity index is 255. The minimum absolute atomic E-state index is 0.292. The SMILES string of the molecule is CC(C)=C1SC(=O)[NH+]([O-])C1=O. The Kier molecular flexibility index (Phi) is 2.12. The number of carbonyl (C=O) groups is 2. The van der Waals surface area contributed by atoms with Crippen LogP contribution in [0.25, 0.3) is 0 Å². The van der Waals surface area contributed by atoms with Crippen molar-refractivity contribution in [3.05, 3.63) is 15.7 Å². The van der Waals surface area contributed by atoms with Crippen LogP contribution in [0.15, 0.2) is 10.5 Å². The van der Waals surface area contributed by atoms with E-state index in [4.69, 9.17) is 0 Å². The summed E-state index contributed by atoms with van der Waals surface area (Å²) in [7, 11) is 0. The van der Waals surface area contributed by atoms with Crippen LogP contribution in [0.4, 0.5) is 4.79 Å². The van der Waals surface area contributed by atoms with Crippen LogP contribution in [0.1, 0.15) is 13.8 Å². The predicted octanol–water partition coefficient (Wildman–Crippen LogP) is 0.0564. The van der Waals surface area contributed by atoms with Crippen LogP contribution in [0.3, 0.4) is 0 Å². The number of carbonyl (C=O) groups excluding carboxylic acids is 2. The second-order valence-corrected chi connectivity index (χ2v) is 3.36. The molecule has 4 nitrogen and oxygen atoms in total. The molecule has 2 amide bonds. The van der Waals surface area contributed by atoms with Gasteiger partial charge in [-0.3, -0.25) is 0 Å². The molecule has 1 aliphatic heterocycles. The Balaban J connectivity index is 3.02. The van der Waals surface area contributed by atoms with Gasteiger partial charge in [-0.25, -0.2) is 14.7 Å². The molecule has 1 N–H and O–H groups in total. The summed E-state index contributed by atoms with van der Waals surface area (Å²) in [6.07, 6.45) is 0. The third-order valence-electron chi connectivity index (χ3n) is 1.25. The molecule has 5 heteroatoms. The molecule has 1 heterocycles. The van der Waals surface area contributed by atoms with Gasteiger partial charge < -0.3 is 5.21 Å². The van der Waals surface area contributed by atoms with Gasteiger partial charge in [-0.05, 0) is 13.8 Å². The second-order valence-electron chi connectivity index (χ2n) is 2.38. The topological polar surface area (TPSA) is 61.6 Å². The van der Waals surface area contributed by atoms with Crippen LogP contribution in [-0.4, -0.2) is 11.1 Å². The van der Waals surface area contributed by atoms with E-state index < -0.39 is 16.2 Å². The van der Waals surface area contributed by atoms with Crippen LogP contribution >= 0.6 is 11.8 Å². The number of hydrogen-bond donors (Lipinski definition) is 1. The summed E-state index contributed by atoms with van der Waals surface area (Å²) in [5.41, 5.74) is 0.721. The standard InChI is InChI=1S/C6H7NO3S/c1-3(2)4-5(8)7(10)6(9)11-4/h7H,1-2H3. The molecule has 60 valence electrons. The lowest BCUT2D eigenvalue weighted by Gasteiger charge is -2.05. The molecular formula is C6H7NO3S. The minimum Gasteiger partial charge on any atom is -0.618 e. The van der Waals surface area contributed by atoms with Gasteiger partial charge in [-0.15, -0.1) is 0 Å². The van der Waals surface area contributed by atoms with Crippen molar-refractivity contribution < 1.29 is 14.7 Å². The van der Waals surface area contributed by atoms with Crippen molar-refractivity contribution in [2.75, 3.05) is 0 Å². The summed E-state index contributed by atoms with van der Waals surface area (Å²) < 4.78 is 0. The van der Waals surface area contributed by atoms with E-state index in [0.29, 0.717) is 4.91 Å². The molecule has 1 atom stereocenters. The fraction of sp³-hybridized carbons (Fsp3) is 0.333. The molecule has 1 fully saturated rings. The number of rotatable bonds is 0. The Morgan fingerprint density at radius 3 is 2.18 bits per heavy atom. The zero-order valence-corrected chi connectivity index (χ0v) is 6.95. The van der Waals surface area contributed by atoms with E-state index in [1.165, 1.54) is 0 Å². The first-order valence-electron chi connectivity index (χ1n) is 3.02. The van der Waals surface area contributed by atoms with E-state index in [-0.39, 0.29) is 0 Å². The average Bonchev–Trinajstić information content (AvgIpc) is 2.17. The maximum Gasteiger partial charge on any atom is 0.386 e. The van der Waals surface area contributed by atoms with E-state index >= 15 is 0 Å². The Labute approximate surface area is 67.8 Å². The van der Waals surface area contributed by atoms with Crippen LogP contribution in [0.5, 0.6) is 0 Å². The van der Waals surface area contributed by atoms with Gasteiger partial charge in [0.05, 0.1) is 0 Å². The first kappa shape index (κ1) is 8.45. The molecule has 0 radical (unpaired) electrons. The van der Waals surface area contributed by atoms with Crippen molar-refractivity contribution in [2.45, 2.75) is 13.8 Å². The van der Waals surface area contributed by atoms with E-state index in [2.05, 4.69) is 0 Å². The van der Waals surface area contributed by atoms with Gasteiger partial charge in [0.1, 0.15) is 4.91 Å². The number of quaternary nitrogens is 1. The second kappa shape index (κ2) is 2.77. The normalized spacial score (nSPS) is 24.6. The zero-order valence-electron chi connectivity index (χ0n) is 6.13. The number of nitrogens with one attached hydrogen (secondary N) is 1. The zero-order chi connectivity index (χ0) is 8.59. The number of thioether (sulfide) groups is 1. The molecule has 0 saturated carbocycles. The van der Waals surface area contributed by atoms with Crippen LogP contribution < -0.4 is 5.06 Å². The largest absolute Gasteiger partial charge is 0.618 e. The van der Waals surface area contributed by atoms with Crippen LogP contribution in [0.2, 0.25) is 0 Å². The van der Waals surface area contributed by atoms with Crippen molar-refractivity contribution in [2.24, 2.45) is 0 Å². The van der Waals surface area contributed by atoms with E-state index in [0.717, 1.165) is 17.3 Å². The van der Waals surface area contributed by atoms with Crippen molar-refractivity contribution in [1.29, 1.82) is 0 Å². The molecule has 0 aromatic carbocycles. The van der Waals surface area contributed by atoms with E-state index in [1.807, 2.05) is 0 Å². The summed E-state index contributed by atoms with van der Waals surface area (Å²) in [6.45, 7) is 3.40. The third-order valence-corrected chi connectivity index (χ3v) is 2.42. The fourth-order valence-electron chi connectivity index (χ4n) is 0.710. The number of hydrogen-bond acceptors (Lipinski definition) is 4. The van der Waals surface area contributed by atoms with Crippen LogP contribution in [0, 0.1) is 5.21 Å². The molecule has 0 bridgehead atoms. The van der Waals surface area contributed by atoms with Crippen molar-refractivity contribution in [1.82, 2.24) is 0 Å². The summed E-state index contributed by atoms with van der Waals surface area (Å²) >= 11 is 0.731. The molecule has 1 saturated heterocycles. The molecular weight excluding hydrogens is 166 g/mol. The Morgan fingerprint density at radius 2 is 2.00 bits per heavy atom. The lowest BCUT2D eigenvalue weighted by atomic mass is 10.3. The average molecular weight is 173 g/mol. The van der Waals surface area contributed by atoms with Crippen molar-refractivity contribution in [3.63, 3.8) is 0 Å². The smallest absolute Gasteiger partial charge is 0.386 e. The van der Waals surface area contributed by atoms with Gasteiger partial charge in [0.2, 0.25) is 0 Å². The molecule has 1 aliphatic rings. The summed E-state index contributed by atoms with van der Waals surface area (Å²) in [4.78, 5) is 21.9. The lowest BCUT2D eigenvalue weighted by Crippen LogP contribution is -3.09. The van der Waals surface area contributed by atoms with E-state index in [1.54, 1.807) is 13.8 Å². The molecule has 11 heavy (non-hydrogen) atoms. The quantitative estimate of drug-likeness (QED) is 0.415. The number of hydroxylamine groups is 2. The molecule has 0 aromatic heterocycles. The number of allylic oxidation sites excluding steroid dienone is 1. The van der Waals surface area contributed by atoms with Gasteiger partial charge in [0, 0.05) is 11.8 Å². The van der Waals surface area contributed by atoms with Gasteiger partial charge in [0.25, 0.3) is 0 Å². The Hall–Kier alpha value is -0.650. The highest BCUT2D eigenvalue weighted by Gasteiger charge is 2.36. The van der Waals surface area contributed by atoms with Crippen LogP contribution in [-0.2, 0) is 4.79 Å². The highest BCUT2D eigenvalue weighted by atomic mass is 32.2. The first-order chi connectivity index (χ1) is 5.04. The van der Waals surface area contributed by atoms with Crippen molar-refractivity contribution >= 4 is 22.9 Å². The predicted molar refractivity (Wildman–Crippen MR) is 40.7 cm³/mol. The number of amides is 2.